The van der Waals surface area contributed by atoms with E-state index in [4.69, 9.17) is 0 Å². The zero-order chi connectivity index (χ0) is 13.4. The molecule has 0 bridgehead atoms. The van der Waals surface area contributed by atoms with Crippen LogP contribution in [-0.4, -0.2) is 18.9 Å². The van der Waals surface area contributed by atoms with E-state index in [9.17, 15) is 4.79 Å². The average molecular weight is 338 g/mol. The van der Waals surface area contributed by atoms with Gasteiger partial charge in [-0.2, -0.15) is 0 Å². The highest BCUT2D eigenvalue weighted by molar-refractivity contribution is 9.10. The number of rotatable bonds is 3. The summed E-state index contributed by atoms with van der Waals surface area (Å²) in [4.78, 5) is 14.4. The van der Waals surface area contributed by atoms with Crippen molar-refractivity contribution in [3.63, 3.8) is 0 Å². The van der Waals surface area contributed by atoms with Gasteiger partial charge in [0.1, 0.15) is 25.3 Å². The summed E-state index contributed by atoms with van der Waals surface area (Å²) in [6.45, 7) is 4.48. The van der Waals surface area contributed by atoms with Crippen molar-refractivity contribution in [1.29, 1.82) is 0 Å². The maximum Gasteiger partial charge on any atom is 0.336 e. The molecule has 0 amide bonds. The van der Waals surface area contributed by atoms with E-state index in [2.05, 4.69) is 37.7 Å². The van der Waals surface area contributed by atoms with Gasteiger partial charge in [-0.25, -0.2) is 9.47 Å². The van der Waals surface area contributed by atoms with E-state index in [-0.39, 0.29) is 5.78 Å². The number of hydrogen-bond donors (Lipinski definition) is 0. The highest BCUT2D eigenvalue weighted by atomic mass is 79.9. The fourth-order valence-electron chi connectivity index (χ4n) is 2.30. The minimum absolute atomic E-state index is 0.173. The van der Waals surface area contributed by atoms with Crippen LogP contribution < -0.4 is 9.47 Å². The van der Waals surface area contributed by atoms with Crippen molar-refractivity contribution >= 4 is 38.2 Å². The summed E-state index contributed by atoms with van der Waals surface area (Å²) >= 11 is 5.10. The third kappa shape index (κ3) is 2.44. The Hall–Kier alpha value is -1.20. The number of hydrogen-bond acceptors (Lipinski definition) is 3. The maximum atomic E-state index is 12.3. The Morgan fingerprint density at radius 3 is 2.89 bits per heavy atom. The van der Waals surface area contributed by atoms with Gasteiger partial charge in [-0.1, -0.05) is 39.4 Å². The summed E-state index contributed by atoms with van der Waals surface area (Å²) in [5.74, 6) is 0.173. The van der Waals surface area contributed by atoms with Crippen molar-refractivity contribution in [3.8, 4) is 0 Å². The smallest absolute Gasteiger partial charge is 0.290 e. The summed E-state index contributed by atoms with van der Waals surface area (Å²) in [5.41, 5.74) is 2.05. The minimum Gasteiger partial charge on any atom is -0.290 e. The lowest BCUT2D eigenvalue weighted by molar-refractivity contribution is -0.673. The standard InChI is InChI=1S/C14H14BrN2OS/c1-10-9-19-14-16(6-7-17(10)14)8-13(18)11-2-4-12(15)5-3-11/h2-5,9H,6-8H2,1H3/q+1. The first kappa shape index (κ1) is 12.8. The Morgan fingerprint density at radius 2 is 2.16 bits per heavy atom. The Morgan fingerprint density at radius 1 is 1.42 bits per heavy atom. The van der Waals surface area contributed by atoms with Crippen LogP contribution in [0.5, 0.6) is 0 Å². The maximum absolute atomic E-state index is 12.3. The van der Waals surface area contributed by atoms with Gasteiger partial charge < -0.3 is 0 Å². The van der Waals surface area contributed by atoms with Gasteiger partial charge in [0, 0.05) is 15.4 Å². The molecular formula is C14H14BrN2OS+. The Bertz CT molecular complexity index is 621. The molecule has 3 rings (SSSR count). The molecule has 98 valence electrons. The van der Waals surface area contributed by atoms with Crippen LogP contribution in [-0.2, 0) is 6.54 Å². The van der Waals surface area contributed by atoms with Crippen LogP contribution >= 0.6 is 27.3 Å². The Balaban J connectivity index is 1.76. The lowest BCUT2D eigenvalue weighted by Gasteiger charge is -2.07. The number of halogens is 1. The van der Waals surface area contributed by atoms with Crippen molar-refractivity contribution in [2.45, 2.75) is 13.5 Å². The summed E-state index contributed by atoms with van der Waals surface area (Å²) in [6, 6.07) is 7.56. The van der Waals surface area contributed by atoms with E-state index in [0.717, 1.165) is 23.1 Å². The van der Waals surface area contributed by atoms with Crippen LogP contribution in [0, 0.1) is 6.92 Å². The van der Waals surface area contributed by atoms with Crippen molar-refractivity contribution < 1.29 is 9.36 Å². The number of aryl methyl sites for hydroxylation is 1. The number of aromatic nitrogens is 1. The fraction of sp³-hybridized carbons (Fsp3) is 0.286. The number of thiazole rings is 1. The molecule has 2 aromatic rings. The van der Waals surface area contributed by atoms with Crippen LogP contribution in [0.1, 0.15) is 16.1 Å². The van der Waals surface area contributed by atoms with Crippen molar-refractivity contribution in [3.05, 3.63) is 45.4 Å². The highest BCUT2D eigenvalue weighted by Crippen LogP contribution is 2.22. The molecule has 3 nitrogen and oxygen atoms in total. The lowest BCUT2D eigenvalue weighted by Crippen LogP contribution is -2.31. The van der Waals surface area contributed by atoms with E-state index < -0.39 is 0 Å². The molecule has 0 fully saturated rings. The van der Waals surface area contributed by atoms with E-state index >= 15 is 0 Å². The fourth-order valence-corrected chi connectivity index (χ4v) is 3.63. The molecule has 0 spiro atoms. The van der Waals surface area contributed by atoms with Gasteiger partial charge in [-0.05, 0) is 19.1 Å². The molecule has 19 heavy (non-hydrogen) atoms. The SMILES string of the molecule is Cc1csc2[n+]1CCN2CC(=O)c1ccc(Br)cc1. The molecular weight excluding hydrogens is 324 g/mol. The zero-order valence-electron chi connectivity index (χ0n) is 10.6. The molecule has 1 aliphatic rings. The molecule has 1 aromatic heterocycles. The predicted octanol–water partition coefficient (Wildman–Crippen LogP) is 2.81. The summed E-state index contributed by atoms with van der Waals surface area (Å²) in [7, 11) is 0. The number of nitrogens with zero attached hydrogens (tertiary/aromatic N) is 2. The predicted molar refractivity (Wildman–Crippen MR) is 79.9 cm³/mol. The topological polar surface area (TPSA) is 24.2 Å². The molecule has 0 N–H and O–H groups in total. The largest absolute Gasteiger partial charge is 0.336 e. The quantitative estimate of drug-likeness (QED) is 0.635. The first-order valence-electron chi connectivity index (χ1n) is 6.17. The first-order valence-corrected chi connectivity index (χ1v) is 7.84. The minimum atomic E-state index is 0.173. The molecule has 1 aromatic carbocycles. The Labute approximate surface area is 124 Å². The average Bonchev–Trinajstić information content (AvgIpc) is 2.95. The van der Waals surface area contributed by atoms with Crippen LogP contribution in [0.25, 0.3) is 0 Å². The molecule has 0 radical (unpaired) electrons. The molecule has 5 heteroatoms. The molecule has 0 atom stereocenters. The molecule has 1 aliphatic heterocycles. The van der Waals surface area contributed by atoms with Crippen molar-refractivity contribution in [2.75, 3.05) is 18.0 Å². The number of carbonyl (C=O) groups excluding carboxylic acids is 1. The molecule has 0 saturated carbocycles. The van der Waals surface area contributed by atoms with Gasteiger partial charge >= 0.3 is 5.13 Å². The number of anilines is 1. The van der Waals surface area contributed by atoms with Crippen LogP contribution in [0.4, 0.5) is 5.13 Å². The highest BCUT2D eigenvalue weighted by Gasteiger charge is 2.32. The normalized spacial score (nSPS) is 13.7. The summed E-state index contributed by atoms with van der Waals surface area (Å²) < 4.78 is 3.27. The molecule has 0 saturated heterocycles. The second kappa shape index (κ2) is 5.06. The zero-order valence-corrected chi connectivity index (χ0v) is 13.0. The van der Waals surface area contributed by atoms with Crippen LogP contribution in [0.3, 0.4) is 0 Å². The number of ketones is 1. The summed E-state index contributed by atoms with van der Waals surface area (Å²) in [6.07, 6.45) is 0. The Kier molecular flexibility index (Phi) is 3.41. The monoisotopic (exact) mass is 337 g/mol. The number of benzene rings is 1. The molecule has 0 unspecified atom stereocenters. The van der Waals surface area contributed by atoms with Gasteiger partial charge in [-0.15, -0.1) is 0 Å². The second-order valence-corrected chi connectivity index (χ2v) is 6.42. The van der Waals surface area contributed by atoms with Gasteiger partial charge in [0.05, 0.1) is 0 Å². The van der Waals surface area contributed by atoms with Crippen molar-refractivity contribution in [1.82, 2.24) is 0 Å². The van der Waals surface area contributed by atoms with Crippen molar-refractivity contribution in [2.24, 2.45) is 0 Å². The third-order valence-electron chi connectivity index (χ3n) is 3.36. The van der Waals surface area contributed by atoms with Gasteiger partial charge in [0.15, 0.2) is 0 Å². The van der Waals surface area contributed by atoms with E-state index in [1.54, 1.807) is 11.3 Å². The van der Waals surface area contributed by atoms with Gasteiger partial charge in [0.2, 0.25) is 5.78 Å². The van der Waals surface area contributed by atoms with Crippen LogP contribution in [0.15, 0.2) is 34.1 Å². The molecule has 0 aliphatic carbocycles. The number of fused-ring (bicyclic) bond motifs is 1. The van der Waals surface area contributed by atoms with E-state index in [0.29, 0.717) is 6.54 Å². The summed E-state index contributed by atoms with van der Waals surface area (Å²) in [5, 5.41) is 3.34. The number of Topliss-reactive ketones (excluding diaryl/α,β-unsaturated/α-hetero) is 1. The van der Waals surface area contributed by atoms with Gasteiger partial charge in [0.25, 0.3) is 0 Å². The lowest BCUT2D eigenvalue weighted by atomic mass is 10.1. The van der Waals surface area contributed by atoms with Crippen LogP contribution in [0.2, 0.25) is 0 Å². The molecule has 2 heterocycles. The second-order valence-electron chi connectivity index (χ2n) is 4.66. The third-order valence-corrected chi connectivity index (χ3v) is 5.03. The first-order chi connectivity index (χ1) is 9.15. The van der Waals surface area contributed by atoms with E-state index in [1.807, 2.05) is 24.3 Å². The van der Waals surface area contributed by atoms with E-state index in [1.165, 1.54) is 10.8 Å². The van der Waals surface area contributed by atoms with Gasteiger partial charge in [-0.3, -0.25) is 4.79 Å². The number of carbonyl (C=O) groups is 1.